The van der Waals surface area contributed by atoms with Crippen LogP contribution in [-0.4, -0.2) is 22.8 Å². The van der Waals surface area contributed by atoms with E-state index in [9.17, 15) is 0 Å². The summed E-state index contributed by atoms with van der Waals surface area (Å²) in [4.78, 5) is 0. The number of hydrogen-bond donors (Lipinski definition) is 0. The lowest BCUT2D eigenvalue weighted by atomic mass is 9.96. The zero-order valence-electron chi connectivity index (χ0n) is 13.5. The Morgan fingerprint density at radius 3 is 2.67 bits per heavy atom. The fourth-order valence-electron chi connectivity index (χ4n) is 2.07. The fraction of sp³-hybridized carbons (Fsp3) is 0.412. The molecule has 0 saturated carbocycles. The Balaban J connectivity index is 2.16. The highest BCUT2D eigenvalue weighted by molar-refractivity contribution is 6.83. The van der Waals surface area contributed by atoms with E-state index < -0.39 is 8.07 Å². The van der Waals surface area contributed by atoms with Gasteiger partial charge in [0.1, 0.15) is 20.2 Å². The van der Waals surface area contributed by atoms with Crippen LogP contribution in [0, 0.1) is 11.5 Å². The summed E-state index contributed by atoms with van der Waals surface area (Å²) >= 11 is 0. The first-order valence-corrected chi connectivity index (χ1v) is 10.8. The van der Waals surface area contributed by atoms with Crippen molar-refractivity contribution in [3.05, 3.63) is 47.5 Å². The van der Waals surface area contributed by atoms with Crippen molar-refractivity contribution in [1.82, 2.24) is 14.8 Å². The van der Waals surface area contributed by atoms with Crippen LogP contribution in [0.25, 0.3) is 0 Å². The molecule has 0 unspecified atom stereocenters. The van der Waals surface area contributed by atoms with Crippen molar-refractivity contribution in [2.75, 3.05) is 0 Å². The average Bonchev–Trinajstić information content (AvgIpc) is 2.81. The first-order valence-electron chi connectivity index (χ1n) is 7.31. The van der Waals surface area contributed by atoms with Gasteiger partial charge in [-0.3, -0.25) is 0 Å². The van der Waals surface area contributed by atoms with Gasteiger partial charge in [-0.25, -0.2) is 0 Å². The van der Waals surface area contributed by atoms with Gasteiger partial charge >= 0.3 is 0 Å². The minimum absolute atomic E-state index is 0.404. The second-order valence-corrected chi connectivity index (χ2v) is 11.3. The van der Waals surface area contributed by atoms with Gasteiger partial charge in [0, 0.05) is 19.0 Å². The minimum atomic E-state index is -1.33. The van der Waals surface area contributed by atoms with Gasteiger partial charge in [-0.2, -0.15) is 0 Å². The van der Waals surface area contributed by atoms with Gasteiger partial charge in [0.2, 0.25) is 0 Å². The first-order chi connectivity index (χ1) is 9.85. The molecule has 1 atom stereocenters. The van der Waals surface area contributed by atoms with E-state index in [4.69, 9.17) is 0 Å². The maximum Gasteiger partial charge on any atom is 0.133 e. The fourth-order valence-corrected chi connectivity index (χ4v) is 2.59. The number of rotatable bonds is 3. The molecule has 1 aromatic carbocycles. The number of aryl methyl sites for hydroxylation is 1. The molecule has 1 aromatic heterocycles. The van der Waals surface area contributed by atoms with Crippen molar-refractivity contribution < 1.29 is 0 Å². The Labute approximate surface area is 128 Å². The Morgan fingerprint density at radius 2 is 2.05 bits per heavy atom. The third-order valence-corrected chi connectivity index (χ3v) is 4.21. The van der Waals surface area contributed by atoms with Crippen molar-refractivity contribution in [3.8, 4) is 11.5 Å². The van der Waals surface area contributed by atoms with E-state index in [2.05, 4.69) is 72.5 Å². The lowest BCUT2D eigenvalue weighted by molar-refractivity contribution is 0.681. The van der Waals surface area contributed by atoms with Crippen molar-refractivity contribution in [2.24, 2.45) is 7.05 Å². The van der Waals surface area contributed by atoms with E-state index in [-0.39, 0.29) is 0 Å². The van der Waals surface area contributed by atoms with Crippen LogP contribution < -0.4 is 0 Å². The third kappa shape index (κ3) is 4.57. The zero-order chi connectivity index (χ0) is 15.5. The normalized spacial score (nSPS) is 12.6. The molecule has 0 radical (unpaired) electrons. The number of benzene rings is 1. The van der Waals surface area contributed by atoms with Gasteiger partial charge in [-0.05, 0) is 23.6 Å². The van der Waals surface area contributed by atoms with Gasteiger partial charge in [0.05, 0.1) is 0 Å². The highest BCUT2D eigenvalue weighted by Gasteiger charge is 2.11. The molecule has 110 valence electrons. The molecule has 21 heavy (non-hydrogen) atoms. The second-order valence-electron chi connectivity index (χ2n) is 6.59. The maximum absolute atomic E-state index is 4.16. The molecule has 0 aliphatic heterocycles. The minimum Gasteiger partial charge on any atom is -0.321 e. The van der Waals surface area contributed by atoms with Gasteiger partial charge in [-0.15, -0.1) is 15.7 Å². The molecule has 3 nitrogen and oxygen atoms in total. The Kier molecular flexibility index (Phi) is 4.64. The Bertz CT molecular complexity index is 671. The Hall–Kier alpha value is -1.86. The van der Waals surface area contributed by atoms with E-state index in [0.29, 0.717) is 5.92 Å². The summed E-state index contributed by atoms with van der Waals surface area (Å²) in [6.07, 6.45) is 2.64. The Morgan fingerprint density at radius 1 is 1.29 bits per heavy atom. The average molecular weight is 297 g/mol. The molecule has 0 fully saturated rings. The molecule has 0 aliphatic rings. The first kappa shape index (κ1) is 15.5. The van der Waals surface area contributed by atoms with Crippen LogP contribution in [0.5, 0.6) is 0 Å². The van der Waals surface area contributed by atoms with Crippen molar-refractivity contribution in [1.29, 1.82) is 0 Å². The molecule has 0 saturated heterocycles. The quantitative estimate of drug-likeness (QED) is 0.642. The van der Waals surface area contributed by atoms with Crippen LogP contribution >= 0.6 is 0 Å². The number of nitrogens with zero attached hydrogens (tertiary/aromatic N) is 3. The van der Waals surface area contributed by atoms with E-state index in [1.54, 1.807) is 6.33 Å². The standard InChI is InChI=1S/C17H23N3Si/c1-14(11-17-19-18-13-20(17)2)16-8-6-7-15(12-16)9-10-21(3,4)5/h6-8,12-14H,11H2,1-5H3/t14-/m1/s1. The second kappa shape index (κ2) is 6.27. The monoisotopic (exact) mass is 297 g/mol. The lowest BCUT2D eigenvalue weighted by Gasteiger charge is -2.11. The molecule has 4 heteroatoms. The molecule has 0 amide bonds. The van der Waals surface area contributed by atoms with E-state index in [1.165, 1.54) is 5.56 Å². The van der Waals surface area contributed by atoms with Gasteiger partial charge in [-0.1, -0.05) is 44.6 Å². The molecule has 0 aliphatic carbocycles. The molecule has 0 N–H and O–H groups in total. The summed E-state index contributed by atoms with van der Waals surface area (Å²) < 4.78 is 1.98. The molecule has 2 aromatic rings. The smallest absolute Gasteiger partial charge is 0.133 e. The molecule has 1 heterocycles. The highest BCUT2D eigenvalue weighted by atomic mass is 28.3. The summed E-state index contributed by atoms with van der Waals surface area (Å²) in [5, 5.41) is 8.10. The molecule has 2 rings (SSSR count). The van der Waals surface area contributed by atoms with Gasteiger partial charge in [0.25, 0.3) is 0 Å². The van der Waals surface area contributed by atoms with Crippen molar-refractivity contribution in [3.63, 3.8) is 0 Å². The van der Waals surface area contributed by atoms with Crippen LogP contribution in [0.3, 0.4) is 0 Å². The van der Waals surface area contributed by atoms with Crippen molar-refractivity contribution >= 4 is 8.07 Å². The summed E-state index contributed by atoms with van der Waals surface area (Å²) in [6, 6.07) is 8.55. The van der Waals surface area contributed by atoms with Crippen LogP contribution in [0.4, 0.5) is 0 Å². The van der Waals surface area contributed by atoms with Crippen molar-refractivity contribution in [2.45, 2.75) is 38.9 Å². The zero-order valence-corrected chi connectivity index (χ0v) is 14.5. The molecule has 0 bridgehead atoms. The maximum atomic E-state index is 4.16. The lowest BCUT2D eigenvalue weighted by Crippen LogP contribution is -2.16. The summed E-state index contributed by atoms with van der Waals surface area (Å²) in [5.74, 6) is 4.75. The number of aromatic nitrogens is 3. The summed E-state index contributed by atoms with van der Waals surface area (Å²) in [7, 11) is 0.657. The third-order valence-electron chi connectivity index (χ3n) is 3.33. The van der Waals surface area contributed by atoms with Crippen LogP contribution in [0.2, 0.25) is 19.6 Å². The molecular formula is C17H23N3Si. The number of hydrogen-bond acceptors (Lipinski definition) is 2. The topological polar surface area (TPSA) is 30.7 Å². The van der Waals surface area contributed by atoms with Crippen LogP contribution in [-0.2, 0) is 13.5 Å². The van der Waals surface area contributed by atoms with Crippen LogP contribution in [0.15, 0.2) is 30.6 Å². The summed E-state index contributed by atoms with van der Waals surface area (Å²) in [6.45, 7) is 9.02. The SMILES string of the molecule is C[C@H](Cc1nncn1C)c1cccc(C#C[Si](C)(C)C)c1. The predicted octanol–water partition coefficient (Wildman–Crippen LogP) is 3.39. The van der Waals surface area contributed by atoms with E-state index in [0.717, 1.165) is 17.8 Å². The molecular weight excluding hydrogens is 274 g/mol. The van der Waals surface area contributed by atoms with Crippen LogP contribution in [0.1, 0.15) is 29.8 Å². The molecule has 0 spiro atoms. The predicted molar refractivity (Wildman–Crippen MR) is 89.8 cm³/mol. The highest BCUT2D eigenvalue weighted by Crippen LogP contribution is 2.20. The van der Waals surface area contributed by atoms with E-state index in [1.807, 2.05) is 11.6 Å². The summed E-state index contributed by atoms with van der Waals surface area (Å²) in [5.41, 5.74) is 5.84. The largest absolute Gasteiger partial charge is 0.321 e. The van der Waals surface area contributed by atoms with Gasteiger partial charge < -0.3 is 4.57 Å². The van der Waals surface area contributed by atoms with E-state index >= 15 is 0 Å². The van der Waals surface area contributed by atoms with Gasteiger partial charge in [0.15, 0.2) is 0 Å².